The molecule has 1 fully saturated rings. The van der Waals surface area contributed by atoms with Crippen LogP contribution in [0.25, 0.3) is 0 Å². The van der Waals surface area contributed by atoms with Crippen LogP contribution in [0.1, 0.15) is 6.42 Å². The minimum Gasteiger partial charge on any atom is -0.315 e. The minimum absolute atomic E-state index is 0.0346. The van der Waals surface area contributed by atoms with Crippen molar-refractivity contribution in [3.8, 4) is 0 Å². The summed E-state index contributed by atoms with van der Waals surface area (Å²) in [5, 5.41) is 7.97. The third kappa shape index (κ3) is 5.51. The van der Waals surface area contributed by atoms with Crippen molar-refractivity contribution in [2.45, 2.75) is 6.42 Å². The van der Waals surface area contributed by atoms with Crippen LogP contribution in [0, 0.1) is 5.92 Å². The maximum absolute atomic E-state index is 10.6. The first-order chi connectivity index (χ1) is 6.08. The van der Waals surface area contributed by atoms with Crippen LogP contribution in [0.4, 0.5) is 0 Å². The van der Waals surface area contributed by atoms with Gasteiger partial charge in [0.05, 0.1) is 5.75 Å². The highest BCUT2D eigenvalue weighted by Crippen LogP contribution is 2.22. The SMILES string of the molecule is NS(=O)(=O)CCNCC1CCSC1. The zero-order valence-corrected chi connectivity index (χ0v) is 9.16. The van der Waals surface area contributed by atoms with Crippen LogP contribution < -0.4 is 10.5 Å². The molecular weight excluding hydrogens is 208 g/mol. The van der Waals surface area contributed by atoms with Gasteiger partial charge in [0.15, 0.2) is 0 Å². The van der Waals surface area contributed by atoms with Gasteiger partial charge in [-0.05, 0) is 30.4 Å². The number of hydrogen-bond donors (Lipinski definition) is 2. The molecule has 0 amide bonds. The van der Waals surface area contributed by atoms with Crippen LogP contribution in [0.3, 0.4) is 0 Å². The molecule has 1 heterocycles. The minimum atomic E-state index is -3.29. The molecule has 0 spiro atoms. The van der Waals surface area contributed by atoms with E-state index in [4.69, 9.17) is 5.14 Å². The summed E-state index contributed by atoms with van der Waals surface area (Å²) in [6.07, 6.45) is 1.24. The first-order valence-electron chi connectivity index (χ1n) is 4.37. The maximum Gasteiger partial charge on any atom is 0.210 e. The van der Waals surface area contributed by atoms with Crippen molar-refractivity contribution in [2.24, 2.45) is 11.1 Å². The summed E-state index contributed by atoms with van der Waals surface area (Å²) < 4.78 is 21.1. The van der Waals surface area contributed by atoms with Crippen molar-refractivity contribution in [1.82, 2.24) is 5.32 Å². The molecular formula is C7H16N2O2S2. The molecule has 1 aliphatic heterocycles. The van der Waals surface area contributed by atoms with E-state index in [-0.39, 0.29) is 5.75 Å². The molecule has 78 valence electrons. The predicted octanol–water partition coefficient (Wildman–Crippen LogP) is -0.382. The van der Waals surface area contributed by atoms with E-state index in [0.29, 0.717) is 12.5 Å². The quantitative estimate of drug-likeness (QED) is 0.624. The van der Waals surface area contributed by atoms with E-state index in [1.807, 2.05) is 11.8 Å². The van der Waals surface area contributed by atoms with Crippen LogP contribution in [0.5, 0.6) is 0 Å². The number of hydrogen-bond acceptors (Lipinski definition) is 4. The molecule has 0 aromatic heterocycles. The highest BCUT2D eigenvalue weighted by atomic mass is 32.2. The second kappa shape index (κ2) is 5.19. The average molecular weight is 224 g/mol. The van der Waals surface area contributed by atoms with Gasteiger partial charge in [0.25, 0.3) is 0 Å². The van der Waals surface area contributed by atoms with Gasteiger partial charge in [0.2, 0.25) is 10.0 Å². The fourth-order valence-corrected chi connectivity index (χ4v) is 2.98. The lowest BCUT2D eigenvalue weighted by atomic mass is 10.1. The Kier molecular flexibility index (Phi) is 4.51. The monoisotopic (exact) mass is 224 g/mol. The van der Waals surface area contributed by atoms with E-state index in [2.05, 4.69) is 5.32 Å². The van der Waals surface area contributed by atoms with Gasteiger partial charge >= 0.3 is 0 Å². The van der Waals surface area contributed by atoms with E-state index in [0.717, 1.165) is 6.54 Å². The molecule has 0 radical (unpaired) electrons. The number of rotatable bonds is 5. The molecule has 0 aromatic carbocycles. The fourth-order valence-electron chi connectivity index (χ4n) is 1.26. The van der Waals surface area contributed by atoms with Gasteiger partial charge in [-0.3, -0.25) is 0 Å². The number of primary sulfonamides is 1. The Morgan fingerprint density at radius 1 is 1.54 bits per heavy atom. The van der Waals surface area contributed by atoms with Gasteiger partial charge in [-0.2, -0.15) is 11.8 Å². The maximum atomic E-state index is 10.6. The van der Waals surface area contributed by atoms with Crippen LogP contribution in [-0.2, 0) is 10.0 Å². The van der Waals surface area contributed by atoms with E-state index >= 15 is 0 Å². The Hall–Kier alpha value is 0.220. The molecule has 1 unspecified atom stereocenters. The van der Waals surface area contributed by atoms with Gasteiger partial charge < -0.3 is 5.32 Å². The summed E-state index contributed by atoms with van der Waals surface area (Å²) >= 11 is 1.96. The molecule has 1 aliphatic rings. The molecule has 6 heteroatoms. The van der Waals surface area contributed by atoms with Crippen LogP contribution >= 0.6 is 11.8 Å². The van der Waals surface area contributed by atoms with Crippen molar-refractivity contribution in [3.05, 3.63) is 0 Å². The Labute approximate surface area is 83.7 Å². The molecule has 3 N–H and O–H groups in total. The topological polar surface area (TPSA) is 72.2 Å². The third-order valence-corrected chi connectivity index (χ3v) is 4.03. The van der Waals surface area contributed by atoms with Gasteiger partial charge in [0.1, 0.15) is 0 Å². The highest BCUT2D eigenvalue weighted by Gasteiger charge is 2.14. The largest absolute Gasteiger partial charge is 0.315 e. The molecule has 1 rings (SSSR count). The normalized spacial score (nSPS) is 23.6. The molecule has 1 saturated heterocycles. The van der Waals surface area contributed by atoms with Crippen LogP contribution in [0.15, 0.2) is 0 Å². The first kappa shape index (κ1) is 11.3. The fraction of sp³-hybridized carbons (Fsp3) is 1.00. The van der Waals surface area contributed by atoms with Gasteiger partial charge in [-0.15, -0.1) is 0 Å². The lowest BCUT2D eigenvalue weighted by molar-refractivity contribution is 0.531. The zero-order chi connectivity index (χ0) is 9.73. The lowest BCUT2D eigenvalue weighted by Gasteiger charge is -2.08. The summed E-state index contributed by atoms with van der Waals surface area (Å²) in [4.78, 5) is 0. The summed E-state index contributed by atoms with van der Waals surface area (Å²) in [5.74, 6) is 3.18. The Bertz CT molecular complexity index is 235. The van der Waals surface area contributed by atoms with Crippen molar-refractivity contribution < 1.29 is 8.42 Å². The second-order valence-corrected chi connectivity index (χ2v) is 6.18. The van der Waals surface area contributed by atoms with Gasteiger partial charge in [-0.25, -0.2) is 13.6 Å². The predicted molar refractivity (Wildman–Crippen MR) is 56.3 cm³/mol. The van der Waals surface area contributed by atoms with Crippen molar-refractivity contribution in [3.63, 3.8) is 0 Å². The molecule has 0 aliphatic carbocycles. The molecule has 0 bridgehead atoms. The molecule has 13 heavy (non-hydrogen) atoms. The van der Waals surface area contributed by atoms with Crippen LogP contribution in [-0.4, -0.2) is 38.8 Å². The smallest absolute Gasteiger partial charge is 0.210 e. The van der Waals surface area contributed by atoms with Gasteiger partial charge in [0, 0.05) is 6.54 Å². The van der Waals surface area contributed by atoms with Crippen LogP contribution in [0.2, 0.25) is 0 Å². The van der Waals surface area contributed by atoms with Gasteiger partial charge in [-0.1, -0.05) is 0 Å². The summed E-state index contributed by atoms with van der Waals surface area (Å²) in [6, 6.07) is 0. The number of nitrogens with one attached hydrogen (secondary N) is 1. The first-order valence-corrected chi connectivity index (χ1v) is 7.24. The molecule has 1 atom stereocenters. The standard InChI is InChI=1S/C7H16N2O2S2/c8-13(10,11)4-2-9-5-7-1-3-12-6-7/h7,9H,1-6H2,(H2,8,10,11). The summed E-state index contributed by atoms with van der Waals surface area (Å²) in [6.45, 7) is 1.39. The zero-order valence-electron chi connectivity index (χ0n) is 7.53. The Morgan fingerprint density at radius 3 is 2.85 bits per heavy atom. The highest BCUT2D eigenvalue weighted by molar-refractivity contribution is 7.99. The second-order valence-electron chi connectivity index (χ2n) is 3.30. The number of thioether (sulfide) groups is 1. The van der Waals surface area contributed by atoms with E-state index in [1.54, 1.807) is 0 Å². The lowest BCUT2D eigenvalue weighted by Crippen LogP contribution is -2.30. The Morgan fingerprint density at radius 2 is 2.31 bits per heavy atom. The van der Waals surface area contributed by atoms with E-state index < -0.39 is 10.0 Å². The van der Waals surface area contributed by atoms with E-state index in [1.165, 1.54) is 17.9 Å². The number of sulfonamides is 1. The van der Waals surface area contributed by atoms with Crippen molar-refractivity contribution >= 4 is 21.8 Å². The average Bonchev–Trinajstić information content (AvgIpc) is 2.48. The van der Waals surface area contributed by atoms with E-state index in [9.17, 15) is 8.42 Å². The third-order valence-electron chi connectivity index (χ3n) is 2.02. The Balaban J connectivity index is 2.01. The molecule has 0 aromatic rings. The van der Waals surface area contributed by atoms with Crippen molar-refractivity contribution in [2.75, 3.05) is 30.3 Å². The summed E-state index contributed by atoms with van der Waals surface area (Å²) in [7, 11) is -3.29. The van der Waals surface area contributed by atoms with Crippen molar-refractivity contribution in [1.29, 1.82) is 0 Å². The molecule has 4 nitrogen and oxygen atoms in total. The number of nitrogens with two attached hydrogens (primary N) is 1. The molecule has 0 saturated carbocycles. The summed E-state index contributed by atoms with van der Waals surface area (Å²) in [5.41, 5.74) is 0.